The molecule has 1 heterocycles. The van der Waals surface area contributed by atoms with Crippen LogP contribution in [-0.4, -0.2) is 25.4 Å². The Labute approximate surface area is 140 Å². The van der Waals surface area contributed by atoms with E-state index in [1.54, 1.807) is 24.1 Å². The molecular formula is C19H19FN2O2. The van der Waals surface area contributed by atoms with Gasteiger partial charge in [0.2, 0.25) is 11.8 Å². The van der Waals surface area contributed by atoms with Crippen LogP contribution in [-0.2, 0) is 28.9 Å². The summed E-state index contributed by atoms with van der Waals surface area (Å²) in [6.45, 7) is 0.511. The summed E-state index contributed by atoms with van der Waals surface area (Å²) in [5, 5.41) is 2.85. The van der Waals surface area contributed by atoms with E-state index in [0.29, 0.717) is 24.9 Å². The number of nitrogens with zero attached hydrogens (tertiary/aromatic N) is 1. The van der Waals surface area contributed by atoms with E-state index < -0.39 is 0 Å². The number of amides is 2. The molecule has 0 aromatic heterocycles. The van der Waals surface area contributed by atoms with Crippen LogP contribution < -0.4 is 10.2 Å². The minimum Gasteiger partial charge on any atom is -0.355 e. The number of rotatable bonds is 5. The van der Waals surface area contributed by atoms with Gasteiger partial charge in [-0.2, -0.15) is 0 Å². The molecule has 1 N–H and O–H groups in total. The van der Waals surface area contributed by atoms with Gasteiger partial charge in [-0.1, -0.05) is 24.3 Å². The minimum atomic E-state index is -0.335. The fourth-order valence-corrected chi connectivity index (χ4v) is 2.92. The number of hydrogen-bond acceptors (Lipinski definition) is 2. The van der Waals surface area contributed by atoms with Gasteiger partial charge in [-0.05, 0) is 41.3 Å². The summed E-state index contributed by atoms with van der Waals surface area (Å²) >= 11 is 0. The molecule has 3 rings (SSSR count). The van der Waals surface area contributed by atoms with Crippen molar-refractivity contribution in [2.75, 3.05) is 18.5 Å². The number of carbonyl (C=O) groups excluding carboxylic acids is 2. The molecule has 1 aliphatic rings. The van der Waals surface area contributed by atoms with Gasteiger partial charge in [0.05, 0.1) is 12.8 Å². The maximum Gasteiger partial charge on any atom is 0.231 e. The number of hydrogen-bond donors (Lipinski definition) is 1. The first-order chi connectivity index (χ1) is 11.5. The molecule has 2 aromatic rings. The van der Waals surface area contributed by atoms with Crippen molar-refractivity contribution in [3.8, 4) is 0 Å². The lowest BCUT2D eigenvalue weighted by Gasteiger charge is -2.11. The lowest BCUT2D eigenvalue weighted by atomic mass is 10.1. The van der Waals surface area contributed by atoms with E-state index in [-0.39, 0.29) is 24.1 Å². The highest BCUT2D eigenvalue weighted by atomic mass is 19.1. The third kappa shape index (κ3) is 3.62. The molecule has 2 amide bonds. The van der Waals surface area contributed by atoms with Gasteiger partial charge in [0.25, 0.3) is 0 Å². The highest BCUT2D eigenvalue weighted by molar-refractivity contribution is 6.00. The van der Waals surface area contributed by atoms with E-state index in [0.717, 1.165) is 16.8 Å². The predicted octanol–water partition coefficient (Wildman–Crippen LogP) is 2.25. The van der Waals surface area contributed by atoms with Crippen molar-refractivity contribution in [2.24, 2.45) is 0 Å². The Kier molecular flexibility index (Phi) is 4.60. The number of carbonyl (C=O) groups is 2. The van der Waals surface area contributed by atoms with Gasteiger partial charge in [0, 0.05) is 19.3 Å². The number of fused-ring (bicyclic) bond motifs is 1. The van der Waals surface area contributed by atoms with Crippen LogP contribution in [0.1, 0.15) is 16.7 Å². The molecule has 24 heavy (non-hydrogen) atoms. The Morgan fingerprint density at radius 2 is 2.04 bits per heavy atom. The molecule has 0 atom stereocenters. The molecule has 1 aliphatic heterocycles. The van der Waals surface area contributed by atoms with Crippen LogP contribution in [0.4, 0.5) is 10.1 Å². The van der Waals surface area contributed by atoms with Crippen LogP contribution in [0, 0.1) is 5.82 Å². The molecule has 0 aliphatic carbocycles. The van der Waals surface area contributed by atoms with E-state index in [1.165, 1.54) is 12.1 Å². The quantitative estimate of drug-likeness (QED) is 0.916. The number of benzene rings is 2. The molecule has 0 saturated carbocycles. The fourth-order valence-electron chi connectivity index (χ4n) is 2.92. The van der Waals surface area contributed by atoms with Crippen LogP contribution in [0.3, 0.4) is 0 Å². The third-order valence-electron chi connectivity index (χ3n) is 4.21. The smallest absolute Gasteiger partial charge is 0.231 e. The van der Waals surface area contributed by atoms with E-state index in [4.69, 9.17) is 0 Å². The Hall–Kier alpha value is -2.69. The van der Waals surface area contributed by atoms with Crippen molar-refractivity contribution < 1.29 is 14.0 Å². The number of anilines is 1. The highest BCUT2D eigenvalue weighted by Gasteiger charge is 2.23. The summed E-state index contributed by atoms with van der Waals surface area (Å²) < 4.78 is 13.1. The van der Waals surface area contributed by atoms with E-state index in [1.807, 2.05) is 18.2 Å². The maximum absolute atomic E-state index is 13.1. The van der Waals surface area contributed by atoms with E-state index in [9.17, 15) is 14.0 Å². The Morgan fingerprint density at radius 3 is 2.83 bits per heavy atom. The van der Waals surface area contributed by atoms with E-state index >= 15 is 0 Å². The Bertz CT molecular complexity index is 789. The van der Waals surface area contributed by atoms with Crippen molar-refractivity contribution in [1.29, 1.82) is 0 Å². The first-order valence-corrected chi connectivity index (χ1v) is 7.92. The van der Waals surface area contributed by atoms with Crippen molar-refractivity contribution in [1.82, 2.24) is 5.32 Å². The van der Waals surface area contributed by atoms with E-state index in [2.05, 4.69) is 5.32 Å². The second-order valence-corrected chi connectivity index (χ2v) is 6.00. The van der Waals surface area contributed by atoms with Crippen molar-refractivity contribution in [2.45, 2.75) is 19.3 Å². The second kappa shape index (κ2) is 6.83. The number of likely N-dealkylation sites (N-methyl/N-ethyl adjacent to an activating group) is 1. The summed E-state index contributed by atoms with van der Waals surface area (Å²) in [5.41, 5.74) is 3.74. The molecule has 2 aromatic carbocycles. The highest BCUT2D eigenvalue weighted by Crippen LogP contribution is 2.28. The molecule has 0 saturated heterocycles. The average molecular weight is 326 g/mol. The van der Waals surface area contributed by atoms with Gasteiger partial charge in [0.15, 0.2) is 0 Å². The monoisotopic (exact) mass is 326 g/mol. The standard InChI is InChI=1S/C19H19FN2O2/c1-22-17-6-5-13(9-15(17)12-19(22)24)7-8-21-18(23)11-14-3-2-4-16(20)10-14/h2-6,9-10H,7-8,11-12H2,1H3,(H,21,23). The number of halogens is 1. The summed E-state index contributed by atoms with van der Waals surface area (Å²) in [4.78, 5) is 25.3. The molecule has 5 heteroatoms. The summed E-state index contributed by atoms with van der Waals surface area (Å²) in [6.07, 6.45) is 1.30. The predicted molar refractivity (Wildman–Crippen MR) is 90.4 cm³/mol. The normalized spacial score (nSPS) is 13.1. The topological polar surface area (TPSA) is 49.4 Å². The van der Waals surface area contributed by atoms with Crippen LogP contribution in [0.15, 0.2) is 42.5 Å². The molecule has 0 radical (unpaired) electrons. The largest absolute Gasteiger partial charge is 0.355 e. The zero-order chi connectivity index (χ0) is 17.1. The van der Waals surface area contributed by atoms with Crippen LogP contribution >= 0.6 is 0 Å². The molecule has 0 bridgehead atoms. The van der Waals surface area contributed by atoms with Gasteiger partial charge >= 0.3 is 0 Å². The SMILES string of the molecule is CN1C(=O)Cc2cc(CCNC(=O)Cc3cccc(F)c3)ccc21. The van der Waals surface area contributed by atoms with Crippen LogP contribution in [0.25, 0.3) is 0 Å². The van der Waals surface area contributed by atoms with Gasteiger partial charge in [-0.25, -0.2) is 4.39 Å². The lowest BCUT2D eigenvalue weighted by Crippen LogP contribution is -2.27. The first-order valence-electron chi connectivity index (χ1n) is 7.92. The molecular weight excluding hydrogens is 307 g/mol. The zero-order valence-electron chi connectivity index (χ0n) is 13.5. The van der Waals surface area contributed by atoms with Gasteiger partial charge in [-0.3, -0.25) is 9.59 Å². The fraction of sp³-hybridized carbons (Fsp3) is 0.263. The maximum atomic E-state index is 13.1. The number of nitrogens with one attached hydrogen (secondary N) is 1. The summed E-state index contributed by atoms with van der Waals surface area (Å²) in [6, 6.07) is 12.0. The van der Waals surface area contributed by atoms with Crippen molar-refractivity contribution >= 4 is 17.5 Å². The Balaban J connectivity index is 1.51. The van der Waals surface area contributed by atoms with Crippen molar-refractivity contribution in [3.05, 3.63) is 65.0 Å². The Morgan fingerprint density at radius 1 is 1.21 bits per heavy atom. The average Bonchev–Trinajstić information content (AvgIpc) is 2.81. The first kappa shape index (κ1) is 16.2. The van der Waals surface area contributed by atoms with Crippen molar-refractivity contribution in [3.63, 3.8) is 0 Å². The van der Waals surface area contributed by atoms with Gasteiger partial charge in [0.1, 0.15) is 5.82 Å². The molecule has 0 spiro atoms. The van der Waals surface area contributed by atoms with Crippen LogP contribution in [0.2, 0.25) is 0 Å². The van der Waals surface area contributed by atoms with Gasteiger partial charge in [-0.15, -0.1) is 0 Å². The molecule has 0 unspecified atom stereocenters. The third-order valence-corrected chi connectivity index (χ3v) is 4.21. The minimum absolute atomic E-state index is 0.102. The lowest BCUT2D eigenvalue weighted by molar-refractivity contribution is -0.120. The van der Waals surface area contributed by atoms with Crippen LogP contribution in [0.5, 0.6) is 0 Å². The molecule has 124 valence electrons. The zero-order valence-corrected chi connectivity index (χ0v) is 13.5. The molecule has 4 nitrogen and oxygen atoms in total. The second-order valence-electron chi connectivity index (χ2n) is 6.00. The molecule has 0 fully saturated rings. The van der Waals surface area contributed by atoms with Gasteiger partial charge < -0.3 is 10.2 Å². The summed E-state index contributed by atoms with van der Waals surface area (Å²) in [7, 11) is 1.78. The summed E-state index contributed by atoms with van der Waals surface area (Å²) in [5.74, 6) is -0.361.